The van der Waals surface area contributed by atoms with Crippen LogP contribution in [0.4, 0.5) is 0 Å². The van der Waals surface area contributed by atoms with Gasteiger partial charge in [-0.2, -0.15) is 5.26 Å². The first-order chi connectivity index (χ1) is 9.47. The van der Waals surface area contributed by atoms with Crippen LogP contribution in [0.15, 0.2) is 33.9 Å². The van der Waals surface area contributed by atoms with Gasteiger partial charge in [-0.3, -0.25) is 13.9 Å². The van der Waals surface area contributed by atoms with Gasteiger partial charge in [0.25, 0.3) is 5.56 Å². The smallest absolute Gasteiger partial charge is 0.278 e. The van der Waals surface area contributed by atoms with Crippen molar-refractivity contribution in [2.75, 3.05) is 0 Å². The fourth-order valence-corrected chi connectivity index (χ4v) is 2.22. The molecule has 0 unspecified atom stereocenters. The van der Waals surface area contributed by atoms with E-state index in [-0.39, 0.29) is 16.7 Å². The van der Waals surface area contributed by atoms with Crippen molar-refractivity contribution < 1.29 is 0 Å². The van der Waals surface area contributed by atoms with Crippen LogP contribution in [0.3, 0.4) is 0 Å². The maximum atomic E-state index is 12.1. The van der Waals surface area contributed by atoms with Gasteiger partial charge in [-0.15, -0.1) is 0 Å². The van der Waals surface area contributed by atoms with E-state index >= 15 is 0 Å². The predicted molar refractivity (Wildman–Crippen MR) is 76.2 cm³/mol. The number of hydrogen-bond donors (Lipinski definition) is 0. The molecule has 2 aromatic rings. The van der Waals surface area contributed by atoms with Gasteiger partial charge in [-0.25, -0.2) is 4.79 Å². The molecule has 1 aromatic heterocycles. The van der Waals surface area contributed by atoms with Crippen molar-refractivity contribution in [1.29, 1.82) is 5.26 Å². The number of halogens is 2. The van der Waals surface area contributed by atoms with Crippen LogP contribution in [-0.4, -0.2) is 9.13 Å². The molecule has 0 radical (unpaired) electrons. The summed E-state index contributed by atoms with van der Waals surface area (Å²) in [6.07, 6.45) is 0. The van der Waals surface area contributed by atoms with Crippen LogP contribution in [0, 0.1) is 11.3 Å². The Labute approximate surface area is 124 Å². The third-order valence-corrected chi connectivity index (χ3v) is 3.73. The van der Waals surface area contributed by atoms with Crippen LogP contribution in [-0.2, 0) is 13.6 Å². The van der Waals surface area contributed by atoms with Crippen LogP contribution < -0.4 is 11.2 Å². The van der Waals surface area contributed by atoms with Crippen LogP contribution >= 0.6 is 23.2 Å². The molecule has 0 aliphatic rings. The minimum Gasteiger partial charge on any atom is -0.278 e. The lowest BCUT2D eigenvalue weighted by atomic mass is 10.1. The average Bonchev–Trinajstić information content (AvgIpc) is 2.48. The van der Waals surface area contributed by atoms with E-state index in [1.165, 1.54) is 7.05 Å². The van der Waals surface area contributed by atoms with Crippen LogP contribution in [0.1, 0.15) is 11.1 Å². The summed E-state index contributed by atoms with van der Waals surface area (Å²) in [5.74, 6) is 0. The Bertz CT molecular complexity index is 831. The third-order valence-electron chi connectivity index (χ3n) is 2.89. The highest BCUT2D eigenvalue weighted by Crippen LogP contribution is 2.17. The summed E-state index contributed by atoms with van der Waals surface area (Å²) in [7, 11) is 1.32. The fourth-order valence-electron chi connectivity index (χ4n) is 1.78. The standard InChI is InChI=1S/C13H9Cl2N3O2/c1-17-12(19)10(14)11(15)18(13(17)20)7-9-5-3-2-4-8(9)6-16/h2-5H,7H2,1H3. The van der Waals surface area contributed by atoms with Gasteiger partial charge in [0.1, 0.15) is 10.2 Å². The molecule has 1 heterocycles. The van der Waals surface area contributed by atoms with Crippen molar-refractivity contribution >= 4 is 23.2 Å². The Hall–Kier alpha value is -2.03. The van der Waals surface area contributed by atoms with Crippen molar-refractivity contribution in [1.82, 2.24) is 9.13 Å². The highest BCUT2D eigenvalue weighted by molar-refractivity contribution is 6.41. The molecule has 0 aliphatic heterocycles. The van der Waals surface area contributed by atoms with Crippen molar-refractivity contribution in [2.24, 2.45) is 7.05 Å². The second-order valence-electron chi connectivity index (χ2n) is 4.11. The molecule has 5 nitrogen and oxygen atoms in total. The normalized spacial score (nSPS) is 10.3. The Morgan fingerprint density at radius 2 is 1.90 bits per heavy atom. The third kappa shape index (κ3) is 2.36. The first-order valence-corrected chi connectivity index (χ1v) is 6.35. The van der Waals surface area contributed by atoms with E-state index in [0.717, 1.165) is 9.13 Å². The van der Waals surface area contributed by atoms with E-state index in [1.807, 2.05) is 6.07 Å². The van der Waals surface area contributed by atoms with Gasteiger partial charge in [0.15, 0.2) is 0 Å². The van der Waals surface area contributed by atoms with Crippen molar-refractivity contribution in [3.63, 3.8) is 0 Å². The molecule has 0 spiro atoms. The summed E-state index contributed by atoms with van der Waals surface area (Å²) in [6.45, 7) is 0.0647. The van der Waals surface area contributed by atoms with Gasteiger partial charge >= 0.3 is 5.69 Å². The second kappa shape index (κ2) is 5.53. The number of nitriles is 1. The highest BCUT2D eigenvalue weighted by Gasteiger charge is 2.15. The summed E-state index contributed by atoms with van der Waals surface area (Å²) in [4.78, 5) is 23.7. The van der Waals surface area contributed by atoms with E-state index in [9.17, 15) is 9.59 Å². The van der Waals surface area contributed by atoms with Gasteiger partial charge < -0.3 is 0 Å². The van der Waals surface area contributed by atoms with Crippen molar-refractivity contribution in [3.05, 3.63) is 66.4 Å². The maximum absolute atomic E-state index is 12.1. The molecular weight excluding hydrogens is 301 g/mol. The molecule has 0 saturated carbocycles. The number of aromatic nitrogens is 2. The predicted octanol–water partition coefficient (Wildman–Crippen LogP) is 1.77. The molecule has 0 fully saturated rings. The summed E-state index contributed by atoms with van der Waals surface area (Å²) in [5, 5.41) is 8.69. The molecule has 0 N–H and O–H groups in total. The highest BCUT2D eigenvalue weighted by atomic mass is 35.5. The molecule has 0 saturated heterocycles. The largest absolute Gasteiger partial charge is 0.332 e. The maximum Gasteiger partial charge on any atom is 0.332 e. The second-order valence-corrected chi connectivity index (χ2v) is 4.84. The van der Waals surface area contributed by atoms with Gasteiger partial charge in [-0.1, -0.05) is 41.4 Å². The van der Waals surface area contributed by atoms with Crippen LogP contribution in [0.2, 0.25) is 10.2 Å². The average molecular weight is 310 g/mol. The summed E-state index contributed by atoms with van der Waals surface area (Å²) >= 11 is 11.8. The van der Waals surface area contributed by atoms with Crippen molar-refractivity contribution in [2.45, 2.75) is 6.54 Å². The first-order valence-electron chi connectivity index (χ1n) is 5.60. The molecule has 2 rings (SSSR count). The molecule has 0 atom stereocenters. The minimum atomic E-state index is -0.647. The quantitative estimate of drug-likeness (QED) is 0.794. The zero-order valence-corrected chi connectivity index (χ0v) is 11.9. The lowest BCUT2D eigenvalue weighted by Gasteiger charge is -2.12. The Morgan fingerprint density at radius 1 is 1.25 bits per heavy atom. The Balaban J connectivity index is 2.64. The van der Waals surface area contributed by atoms with Gasteiger partial charge in [0, 0.05) is 7.05 Å². The molecule has 0 amide bonds. The van der Waals surface area contributed by atoms with Crippen molar-refractivity contribution in [3.8, 4) is 6.07 Å². The van der Waals surface area contributed by atoms with Gasteiger partial charge in [-0.05, 0) is 11.6 Å². The summed E-state index contributed by atoms with van der Waals surface area (Å²) in [6, 6.07) is 8.85. The van der Waals surface area contributed by atoms with Crippen LogP contribution in [0.25, 0.3) is 0 Å². The Morgan fingerprint density at radius 3 is 2.55 bits per heavy atom. The van der Waals surface area contributed by atoms with Gasteiger partial charge in [0.2, 0.25) is 0 Å². The molecule has 0 bridgehead atoms. The SMILES string of the molecule is Cn1c(=O)c(Cl)c(Cl)n(Cc2ccccc2C#N)c1=O. The Kier molecular flexibility index (Phi) is 3.98. The zero-order chi connectivity index (χ0) is 14.9. The molecular formula is C13H9Cl2N3O2. The number of benzene rings is 1. The molecule has 1 aromatic carbocycles. The van der Waals surface area contributed by atoms with E-state index in [2.05, 4.69) is 0 Å². The van der Waals surface area contributed by atoms with E-state index < -0.39 is 11.2 Å². The number of nitrogens with zero attached hydrogens (tertiary/aromatic N) is 3. The summed E-state index contributed by atoms with van der Waals surface area (Å²) < 4.78 is 2.03. The lowest BCUT2D eigenvalue weighted by molar-refractivity contribution is 0.646. The first kappa shape index (κ1) is 14.4. The topological polar surface area (TPSA) is 67.8 Å². The minimum absolute atomic E-state index is 0.0647. The lowest BCUT2D eigenvalue weighted by Crippen LogP contribution is -2.39. The van der Waals surface area contributed by atoms with Gasteiger partial charge in [0.05, 0.1) is 18.2 Å². The molecule has 102 valence electrons. The summed E-state index contributed by atoms with van der Waals surface area (Å²) in [5.41, 5.74) is -0.183. The molecule has 0 aliphatic carbocycles. The van der Waals surface area contributed by atoms with E-state index in [1.54, 1.807) is 24.3 Å². The number of rotatable bonds is 2. The monoisotopic (exact) mass is 309 g/mol. The van der Waals surface area contributed by atoms with Crippen LogP contribution in [0.5, 0.6) is 0 Å². The number of hydrogen-bond acceptors (Lipinski definition) is 3. The fraction of sp³-hybridized carbons (Fsp3) is 0.154. The van der Waals surface area contributed by atoms with E-state index in [0.29, 0.717) is 11.1 Å². The van der Waals surface area contributed by atoms with E-state index in [4.69, 9.17) is 28.5 Å². The zero-order valence-electron chi connectivity index (χ0n) is 10.4. The molecule has 7 heteroatoms. The molecule has 20 heavy (non-hydrogen) atoms.